The van der Waals surface area contributed by atoms with Crippen LogP contribution in [0.3, 0.4) is 0 Å². The van der Waals surface area contributed by atoms with E-state index in [-0.39, 0.29) is 0 Å². The summed E-state index contributed by atoms with van der Waals surface area (Å²) in [5.41, 5.74) is 5.83. The second-order valence-corrected chi connectivity index (χ2v) is 8.84. The van der Waals surface area contributed by atoms with Crippen molar-refractivity contribution in [1.82, 2.24) is 34.1 Å². The third-order valence-electron chi connectivity index (χ3n) is 5.21. The summed E-state index contributed by atoms with van der Waals surface area (Å²) in [7, 11) is 0. The minimum atomic E-state index is 0.635. The highest BCUT2D eigenvalue weighted by molar-refractivity contribution is 7.98. The summed E-state index contributed by atoms with van der Waals surface area (Å²) in [5.74, 6) is 2.08. The van der Waals surface area contributed by atoms with Gasteiger partial charge in [-0.3, -0.25) is 14.0 Å². The number of thioether (sulfide) groups is 1. The average Bonchev–Trinajstić information content (AvgIpc) is 3.39. The van der Waals surface area contributed by atoms with E-state index in [0.29, 0.717) is 16.6 Å². The van der Waals surface area contributed by atoms with E-state index in [9.17, 15) is 0 Å². The van der Waals surface area contributed by atoms with Crippen LogP contribution in [0.15, 0.2) is 60.1 Å². The first-order chi connectivity index (χ1) is 15.5. The lowest BCUT2D eigenvalue weighted by atomic mass is 10.2. The molecule has 0 aliphatic heterocycles. The number of aryl methyl sites for hydroxylation is 2. The second-order valence-electron chi connectivity index (χ2n) is 7.49. The summed E-state index contributed by atoms with van der Waals surface area (Å²) in [6, 6.07) is 11.7. The molecule has 32 heavy (non-hydrogen) atoms. The molecule has 4 heterocycles. The summed E-state index contributed by atoms with van der Waals surface area (Å²) < 4.78 is 4.06. The number of rotatable bonds is 5. The van der Waals surface area contributed by atoms with Crippen molar-refractivity contribution in [2.24, 2.45) is 0 Å². The molecule has 4 aromatic heterocycles. The molecule has 5 rings (SSSR count). The lowest BCUT2D eigenvalue weighted by Crippen LogP contribution is -2.02. The molecule has 0 aliphatic rings. The van der Waals surface area contributed by atoms with Gasteiger partial charge in [0.25, 0.3) is 0 Å². The topological polar surface area (TPSA) is 73.8 Å². The van der Waals surface area contributed by atoms with Crippen LogP contribution in [0, 0.1) is 20.8 Å². The molecule has 0 aliphatic carbocycles. The maximum absolute atomic E-state index is 6.44. The molecule has 160 valence electrons. The van der Waals surface area contributed by atoms with Gasteiger partial charge in [-0.05, 0) is 56.7 Å². The lowest BCUT2D eigenvalue weighted by molar-refractivity contribution is 0.879. The van der Waals surface area contributed by atoms with Crippen LogP contribution >= 0.6 is 23.4 Å². The summed E-state index contributed by atoms with van der Waals surface area (Å²) in [6.07, 6.45) is 5.53. The van der Waals surface area contributed by atoms with Crippen LogP contribution in [0.5, 0.6) is 0 Å². The lowest BCUT2D eigenvalue weighted by Gasteiger charge is -2.13. The van der Waals surface area contributed by atoms with Gasteiger partial charge >= 0.3 is 0 Å². The van der Waals surface area contributed by atoms with E-state index >= 15 is 0 Å². The molecule has 0 amide bonds. The highest BCUT2D eigenvalue weighted by Gasteiger charge is 2.19. The van der Waals surface area contributed by atoms with Gasteiger partial charge < -0.3 is 0 Å². The molecule has 0 saturated carbocycles. The van der Waals surface area contributed by atoms with Gasteiger partial charge in [-0.15, -0.1) is 10.2 Å². The molecule has 0 bridgehead atoms. The van der Waals surface area contributed by atoms with E-state index in [4.69, 9.17) is 16.6 Å². The molecule has 0 saturated heterocycles. The number of halogens is 1. The van der Waals surface area contributed by atoms with Gasteiger partial charge in [0, 0.05) is 46.3 Å². The standard InChI is InChI=1S/C23H20ClN7S/c1-14-11-15(2)30-12-18(27-22(30)26-14)13-32-23-29-28-21(17-7-9-25-10-8-17)31(23)20-6-4-5-19(24)16(20)3/h4-12H,13H2,1-3H3. The highest BCUT2D eigenvalue weighted by atomic mass is 35.5. The molecule has 0 spiro atoms. The van der Waals surface area contributed by atoms with Gasteiger partial charge in [0.15, 0.2) is 11.0 Å². The van der Waals surface area contributed by atoms with Crippen molar-refractivity contribution < 1.29 is 0 Å². The number of nitrogens with zero attached hydrogens (tertiary/aromatic N) is 7. The zero-order valence-corrected chi connectivity index (χ0v) is 19.4. The average molecular weight is 462 g/mol. The summed E-state index contributed by atoms with van der Waals surface area (Å²) >= 11 is 8.01. The Bertz CT molecular complexity index is 1430. The van der Waals surface area contributed by atoms with E-state index in [1.54, 1.807) is 24.2 Å². The third kappa shape index (κ3) is 3.76. The monoisotopic (exact) mass is 461 g/mol. The predicted molar refractivity (Wildman–Crippen MR) is 126 cm³/mol. The van der Waals surface area contributed by atoms with Crippen molar-refractivity contribution >= 4 is 29.1 Å². The van der Waals surface area contributed by atoms with E-state index in [0.717, 1.165) is 44.9 Å². The Balaban J connectivity index is 1.55. The number of aromatic nitrogens is 7. The fourth-order valence-electron chi connectivity index (χ4n) is 3.63. The van der Waals surface area contributed by atoms with Crippen molar-refractivity contribution in [1.29, 1.82) is 0 Å². The first-order valence-electron chi connectivity index (χ1n) is 10.1. The zero-order chi connectivity index (χ0) is 22.2. The van der Waals surface area contributed by atoms with Crippen LogP contribution in [0.2, 0.25) is 5.02 Å². The molecule has 0 atom stereocenters. The number of hydrogen-bond acceptors (Lipinski definition) is 6. The van der Waals surface area contributed by atoms with Crippen molar-refractivity contribution in [3.05, 3.63) is 82.7 Å². The first kappa shape index (κ1) is 20.7. The van der Waals surface area contributed by atoms with Crippen LogP contribution < -0.4 is 0 Å². The molecule has 1 aromatic carbocycles. The summed E-state index contributed by atoms with van der Waals surface area (Å²) in [4.78, 5) is 13.3. The number of hydrogen-bond donors (Lipinski definition) is 0. The number of pyridine rings is 1. The van der Waals surface area contributed by atoms with Crippen LogP contribution in [-0.4, -0.2) is 34.1 Å². The van der Waals surface area contributed by atoms with Crippen LogP contribution in [0.4, 0.5) is 0 Å². The maximum Gasteiger partial charge on any atom is 0.234 e. The number of benzene rings is 1. The van der Waals surface area contributed by atoms with E-state index < -0.39 is 0 Å². The third-order valence-corrected chi connectivity index (χ3v) is 6.58. The molecule has 5 aromatic rings. The second kappa shape index (κ2) is 8.37. The molecular weight excluding hydrogens is 442 g/mol. The predicted octanol–water partition coefficient (Wildman–Crippen LogP) is 5.24. The zero-order valence-electron chi connectivity index (χ0n) is 17.8. The minimum absolute atomic E-state index is 0.635. The van der Waals surface area contributed by atoms with Crippen molar-refractivity contribution in [2.75, 3.05) is 0 Å². The fraction of sp³-hybridized carbons (Fsp3) is 0.174. The molecule has 0 fully saturated rings. The first-order valence-corrected chi connectivity index (χ1v) is 11.4. The molecule has 7 nitrogen and oxygen atoms in total. The van der Waals surface area contributed by atoms with Gasteiger partial charge in [0.1, 0.15) is 0 Å². The fourth-order valence-corrected chi connectivity index (χ4v) is 4.63. The van der Waals surface area contributed by atoms with Gasteiger partial charge in [0.05, 0.1) is 11.4 Å². The van der Waals surface area contributed by atoms with Gasteiger partial charge in [0.2, 0.25) is 5.78 Å². The van der Waals surface area contributed by atoms with Crippen molar-refractivity contribution in [3.8, 4) is 17.1 Å². The smallest absolute Gasteiger partial charge is 0.234 e. The van der Waals surface area contributed by atoms with Gasteiger partial charge in [-0.1, -0.05) is 29.4 Å². The molecular formula is C23H20ClN7S. The minimum Gasteiger partial charge on any atom is -0.288 e. The SMILES string of the molecule is Cc1cc(C)n2cc(CSc3nnc(-c4ccncc4)n3-c3cccc(Cl)c3C)nc2n1. The Morgan fingerprint density at radius 2 is 1.81 bits per heavy atom. The van der Waals surface area contributed by atoms with Crippen molar-refractivity contribution in [3.63, 3.8) is 0 Å². The van der Waals surface area contributed by atoms with E-state index in [2.05, 4.69) is 27.1 Å². The Morgan fingerprint density at radius 3 is 2.62 bits per heavy atom. The Labute approximate surface area is 194 Å². The Kier molecular flexibility index (Phi) is 5.40. The molecule has 0 unspecified atom stereocenters. The summed E-state index contributed by atoms with van der Waals surface area (Å²) in [5, 5.41) is 10.5. The largest absolute Gasteiger partial charge is 0.288 e. The van der Waals surface area contributed by atoms with Crippen LogP contribution in [-0.2, 0) is 5.75 Å². The molecule has 9 heteroatoms. The Hall–Kier alpha value is -3.23. The van der Waals surface area contributed by atoms with Crippen LogP contribution in [0.1, 0.15) is 22.6 Å². The Morgan fingerprint density at radius 1 is 1.00 bits per heavy atom. The molecule has 0 radical (unpaired) electrons. The highest BCUT2D eigenvalue weighted by Crippen LogP contribution is 2.32. The van der Waals surface area contributed by atoms with E-state index in [1.807, 2.05) is 65.4 Å². The summed E-state index contributed by atoms with van der Waals surface area (Å²) in [6.45, 7) is 6.04. The normalized spacial score (nSPS) is 11.4. The van der Waals surface area contributed by atoms with Crippen LogP contribution in [0.25, 0.3) is 22.9 Å². The number of fused-ring (bicyclic) bond motifs is 1. The van der Waals surface area contributed by atoms with E-state index in [1.165, 1.54) is 0 Å². The number of imidazole rings is 1. The maximum atomic E-state index is 6.44. The van der Waals surface area contributed by atoms with Gasteiger partial charge in [-0.2, -0.15) is 0 Å². The van der Waals surface area contributed by atoms with Crippen molar-refractivity contribution in [2.45, 2.75) is 31.7 Å². The molecule has 0 N–H and O–H groups in total. The quantitative estimate of drug-likeness (QED) is 0.333. The van der Waals surface area contributed by atoms with Gasteiger partial charge in [-0.25, -0.2) is 9.97 Å².